The smallest absolute Gasteiger partial charge is 0.306 e. The maximum Gasteiger partial charge on any atom is 0.306 e. The molecule has 1 heterocycles. The zero-order valence-electron chi connectivity index (χ0n) is 10.5. The predicted octanol–water partition coefficient (Wildman–Crippen LogP) is 2.44. The molecule has 0 aliphatic heterocycles. The highest BCUT2D eigenvalue weighted by molar-refractivity contribution is 5.69. The Morgan fingerprint density at radius 2 is 2.28 bits per heavy atom. The quantitative estimate of drug-likeness (QED) is 0.898. The number of hydrogen-bond donors (Lipinski definition) is 1. The molecule has 1 atom stereocenters. The summed E-state index contributed by atoms with van der Waals surface area (Å²) in [6.07, 6.45) is 4.27. The first-order chi connectivity index (χ1) is 8.56. The Bertz CT molecular complexity index is 560. The Morgan fingerprint density at radius 1 is 1.50 bits per heavy atom. The number of hydrogen-bond acceptors (Lipinski definition) is 2. The van der Waals surface area contributed by atoms with Crippen LogP contribution in [0.5, 0.6) is 0 Å². The van der Waals surface area contributed by atoms with Crippen LogP contribution in [0.15, 0.2) is 36.7 Å². The second kappa shape index (κ2) is 5.04. The summed E-state index contributed by atoms with van der Waals surface area (Å²) < 4.78 is 1.80. The van der Waals surface area contributed by atoms with E-state index in [0.717, 1.165) is 16.8 Å². The van der Waals surface area contributed by atoms with Gasteiger partial charge in [-0.05, 0) is 36.6 Å². The minimum absolute atomic E-state index is 0.375. The third-order valence-corrected chi connectivity index (χ3v) is 2.85. The molecule has 0 bridgehead atoms. The van der Waals surface area contributed by atoms with Crippen LogP contribution in [0.3, 0.4) is 0 Å². The molecular weight excluding hydrogens is 228 g/mol. The molecule has 0 radical (unpaired) electrons. The zero-order chi connectivity index (χ0) is 13.1. The summed E-state index contributed by atoms with van der Waals surface area (Å²) in [5.74, 6) is -1.14. The summed E-state index contributed by atoms with van der Waals surface area (Å²) in [5.41, 5.74) is 3.06. The Kier molecular flexibility index (Phi) is 3.46. The van der Waals surface area contributed by atoms with Crippen LogP contribution >= 0.6 is 0 Å². The molecule has 0 saturated heterocycles. The van der Waals surface area contributed by atoms with E-state index in [9.17, 15) is 4.79 Å². The van der Waals surface area contributed by atoms with Gasteiger partial charge < -0.3 is 5.11 Å². The normalized spacial score (nSPS) is 12.3. The van der Waals surface area contributed by atoms with Crippen molar-refractivity contribution in [2.45, 2.75) is 20.3 Å². The minimum atomic E-state index is -0.768. The van der Waals surface area contributed by atoms with E-state index in [1.165, 1.54) is 0 Å². The molecule has 1 aromatic carbocycles. The van der Waals surface area contributed by atoms with Crippen molar-refractivity contribution < 1.29 is 9.90 Å². The second-order valence-electron chi connectivity index (χ2n) is 4.58. The maximum atomic E-state index is 10.8. The third kappa shape index (κ3) is 2.77. The third-order valence-electron chi connectivity index (χ3n) is 2.85. The van der Waals surface area contributed by atoms with Crippen molar-refractivity contribution in [1.29, 1.82) is 0 Å². The predicted molar refractivity (Wildman–Crippen MR) is 68.8 cm³/mol. The van der Waals surface area contributed by atoms with E-state index in [-0.39, 0.29) is 5.92 Å². The first-order valence-electron chi connectivity index (χ1n) is 5.89. The van der Waals surface area contributed by atoms with Gasteiger partial charge >= 0.3 is 5.97 Å². The second-order valence-corrected chi connectivity index (χ2v) is 4.58. The van der Waals surface area contributed by atoms with E-state index in [4.69, 9.17) is 5.11 Å². The fraction of sp³-hybridized carbons (Fsp3) is 0.286. The van der Waals surface area contributed by atoms with Gasteiger partial charge in [0.15, 0.2) is 0 Å². The zero-order valence-corrected chi connectivity index (χ0v) is 10.5. The minimum Gasteiger partial charge on any atom is -0.481 e. The summed E-state index contributed by atoms with van der Waals surface area (Å²) >= 11 is 0. The summed E-state index contributed by atoms with van der Waals surface area (Å²) in [5, 5.41) is 13.2. The lowest BCUT2D eigenvalue weighted by Gasteiger charge is -2.08. The molecular formula is C14H16N2O2. The van der Waals surface area contributed by atoms with E-state index in [2.05, 4.69) is 5.10 Å². The van der Waals surface area contributed by atoms with Crippen molar-refractivity contribution in [3.63, 3.8) is 0 Å². The van der Waals surface area contributed by atoms with Gasteiger partial charge in [0.2, 0.25) is 0 Å². The lowest BCUT2D eigenvalue weighted by molar-refractivity contribution is -0.141. The van der Waals surface area contributed by atoms with Gasteiger partial charge in [-0.1, -0.05) is 19.1 Å². The van der Waals surface area contributed by atoms with Crippen molar-refractivity contribution >= 4 is 5.97 Å². The molecule has 4 heteroatoms. The summed E-state index contributed by atoms with van der Waals surface area (Å²) in [4.78, 5) is 10.8. The number of carboxylic acids is 1. The Labute approximate surface area is 106 Å². The number of aromatic nitrogens is 2. The molecule has 4 nitrogen and oxygen atoms in total. The van der Waals surface area contributed by atoms with Gasteiger partial charge in [0.25, 0.3) is 0 Å². The van der Waals surface area contributed by atoms with Crippen LogP contribution < -0.4 is 0 Å². The molecule has 94 valence electrons. The van der Waals surface area contributed by atoms with Gasteiger partial charge in [-0.25, -0.2) is 4.68 Å². The summed E-state index contributed by atoms with van der Waals surface area (Å²) in [7, 11) is 0. The van der Waals surface area contributed by atoms with Crippen LogP contribution in [0.25, 0.3) is 5.69 Å². The summed E-state index contributed by atoms with van der Waals surface area (Å²) in [6, 6.07) is 7.81. The van der Waals surface area contributed by atoms with Gasteiger partial charge in [-0.15, -0.1) is 0 Å². The van der Waals surface area contributed by atoms with Crippen molar-refractivity contribution in [2.75, 3.05) is 0 Å². The fourth-order valence-corrected chi connectivity index (χ4v) is 1.82. The van der Waals surface area contributed by atoms with Gasteiger partial charge in [0.1, 0.15) is 0 Å². The van der Waals surface area contributed by atoms with Crippen molar-refractivity contribution in [1.82, 2.24) is 9.78 Å². The standard InChI is InChI=1S/C14H16N2O2/c1-10-8-15-16(9-10)13-5-3-4-12(7-13)6-11(2)14(17)18/h3-5,7-9,11H,6H2,1-2H3,(H,17,18). The number of rotatable bonds is 4. The molecule has 2 rings (SSSR count). The van der Waals surface area contributed by atoms with E-state index >= 15 is 0 Å². The molecule has 1 N–H and O–H groups in total. The highest BCUT2D eigenvalue weighted by Gasteiger charge is 2.11. The first kappa shape index (κ1) is 12.4. The number of benzene rings is 1. The molecule has 2 aromatic rings. The molecule has 0 aliphatic rings. The van der Waals surface area contributed by atoms with Crippen LogP contribution in [-0.4, -0.2) is 20.9 Å². The van der Waals surface area contributed by atoms with E-state index in [1.54, 1.807) is 17.8 Å². The van der Waals surface area contributed by atoms with Gasteiger partial charge in [-0.3, -0.25) is 4.79 Å². The topological polar surface area (TPSA) is 55.1 Å². The van der Waals surface area contributed by atoms with Crippen LogP contribution in [0.1, 0.15) is 18.1 Å². The largest absolute Gasteiger partial charge is 0.481 e. The molecule has 18 heavy (non-hydrogen) atoms. The lowest BCUT2D eigenvalue weighted by Crippen LogP contribution is -2.12. The van der Waals surface area contributed by atoms with Gasteiger partial charge in [0.05, 0.1) is 17.8 Å². The molecule has 0 amide bonds. The van der Waals surface area contributed by atoms with Crippen LogP contribution in [0.4, 0.5) is 0 Å². The Balaban J connectivity index is 2.22. The number of carbonyl (C=O) groups is 1. The van der Waals surface area contributed by atoms with Gasteiger partial charge in [-0.2, -0.15) is 5.10 Å². The van der Waals surface area contributed by atoms with Crippen molar-refractivity contribution in [2.24, 2.45) is 5.92 Å². The van der Waals surface area contributed by atoms with Crippen LogP contribution in [0, 0.1) is 12.8 Å². The highest BCUT2D eigenvalue weighted by Crippen LogP contribution is 2.14. The average molecular weight is 244 g/mol. The summed E-state index contributed by atoms with van der Waals surface area (Å²) in [6.45, 7) is 3.70. The molecule has 0 spiro atoms. The van der Waals surface area contributed by atoms with Crippen molar-refractivity contribution in [3.8, 4) is 5.69 Å². The number of aryl methyl sites for hydroxylation is 1. The van der Waals surface area contributed by atoms with E-state index < -0.39 is 5.97 Å². The molecule has 0 saturated carbocycles. The monoisotopic (exact) mass is 244 g/mol. The van der Waals surface area contributed by atoms with Gasteiger partial charge in [0, 0.05) is 6.20 Å². The first-order valence-corrected chi connectivity index (χ1v) is 5.89. The van der Waals surface area contributed by atoms with Crippen LogP contribution in [0.2, 0.25) is 0 Å². The molecule has 1 unspecified atom stereocenters. The Morgan fingerprint density at radius 3 is 2.89 bits per heavy atom. The SMILES string of the molecule is Cc1cnn(-c2cccc(CC(C)C(=O)O)c2)c1. The number of carboxylic acid groups (broad SMARTS) is 1. The molecule has 0 fully saturated rings. The number of nitrogens with zero attached hydrogens (tertiary/aromatic N) is 2. The Hall–Kier alpha value is -2.10. The van der Waals surface area contributed by atoms with Crippen molar-refractivity contribution in [3.05, 3.63) is 47.8 Å². The van der Waals surface area contributed by atoms with E-state index in [0.29, 0.717) is 6.42 Å². The number of aliphatic carboxylic acids is 1. The van der Waals surface area contributed by atoms with Crippen LogP contribution in [-0.2, 0) is 11.2 Å². The van der Waals surface area contributed by atoms with E-state index in [1.807, 2.05) is 37.4 Å². The lowest BCUT2D eigenvalue weighted by atomic mass is 10.0. The molecule has 1 aromatic heterocycles. The average Bonchev–Trinajstić information content (AvgIpc) is 2.76. The fourth-order valence-electron chi connectivity index (χ4n) is 1.82. The highest BCUT2D eigenvalue weighted by atomic mass is 16.4. The maximum absolute atomic E-state index is 10.8. The molecule has 0 aliphatic carbocycles.